The Bertz CT molecular complexity index is 209. The van der Waals surface area contributed by atoms with Gasteiger partial charge >= 0.3 is 0 Å². The quantitative estimate of drug-likeness (QED) is 0.578. The zero-order valence-electron chi connectivity index (χ0n) is 7.84. The van der Waals surface area contributed by atoms with E-state index in [4.69, 9.17) is 4.74 Å². The molecule has 12 heavy (non-hydrogen) atoms. The highest BCUT2D eigenvalue weighted by Crippen LogP contribution is 2.14. The lowest BCUT2D eigenvalue weighted by Gasteiger charge is -2.11. The SMILES string of the molecule is C=C/C=C1/C=CCOC1=C.CC. The molecule has 66 valence electrons. The van der Waals surface area contributed by atoms with E-state index in [1.807, 2.05) is 32.1 Å². The van der Waals surface area contributed by atoms with Crippen LogP contribution in [-0.2, 0) is 4.74 Å². The van der Waals surface area contributed by atoms with E-state index in [1.165, 1.54) is 0 Å². The average Bonchev–Trinajstić information content (AvgIpc) is 2.13. The average molecular weight is 164 g/mol. The second kappa shape index (κ2) is 6.47. The maximum absolute atomic E-state index is 5.15. The monoisotopic (exact) mass is 164 g/mol. The van der Waals surface area contributed by atoms with E-state index in [2.05, 4.69) is 13.2 Å². The third-order valence-electron chi connectivity index (χ3n) is 1.27. The fourth-order valence-electron chi connectivity index (χ4n) is 0.776. The van der Waals surface area contributed by atoms with Gasteiger partial charge < -0.3 is 4.74 Å². The van der Waals surface area contributed by atoms with Gasteiger partial charge in [-0.25, -0.2) is 0 Å². The summed E-state index contributed by atoms with van der Waals surface area (Å²) in [6.07, 6.45) is 7.52. The Kier molecular flexibility index (Phi) is 5.80. The van der Waals surface area contributed by atoms with Gasteiger partial charge in [-0.1, -0.05) is 45.2 Å². The predicted molar refractivity (Wildman–Crippen MR) is 53.9 cm³/mol. The Labute approximate surface area is 74.7 Å². The molecule has 0 saturated carbocycles. The van der Waals surface area contributed by atoms with Crippen molar-refractivity contribution < 1.29 is 4.74 Å². The smallest absolute Gasteiger partial charge is 0.119 e. The summed E-state index contributed by atoms with van der Waals surface area (Å²) in [5.74, 6) is 0.724. The summed E-state index contributed by atoms with van der Waals surface area (Å²) in [6, 6.07) is 0. The van der Waals surface area contributed by atoms with E-state index in [0.29, 0.717) is 6.61 Å². The molecule has 0 atom stereocenters. The van der Waals surface area contributed by atoms with Gasteiger partial charge in [0, 0.05) is 5.57 Å². The molecule has 1 heterocycles. The highest BCUT2D eigenvalue weighted by molar-refractivity contribution is 5.38. The summed E-state index contributed by atoms with van der Waals surface area (Å²) in [7, 11) is 0. The van der Waals surface area contributed by atoms with Crippen LogP contribution in [0.4, 0.5) is 0 Å². The maximum atomic E-state index is 5.15. The predicted octanol–water partition coefficient (Wildman–Crippen LogP) is 3.23. The molecule has 0 amide bonds. The Morgan fingerprint density at radius 2 is 2.17 bits per heavy atom. The number of ether oxygens (including phenoxy) is 1. The summed E-state index contributed by atoms with van der Waals surface area (Å²) in [5, 5.41) is 0. The third kappa shape index (κ3) is 3.24. The molecule has 0 N–H and O–H groups in total. The normalized spacial score (nSPS) is 17.8. The fraction of sp³-hybridized carbons (Fsp3) is 0.273. The Balaban J connectivity index is 0.000000561. The lowest BCUT2D eigenvalue weighted by atomic mass is 10.2. The second-order valence-corrected chi connectivity index (χ2v) is 1.99. The minimum atomic E-state index is 0.632. The van der Waals surface area contributed by atoms with E-state index in [1.54, 1.807) is 6.08 Å². The summed E-state index contributed by atoms with van der Waals surface area (Å²) in [6.45, 7) is 11.9. The first-order valence-corrected chi connectivity index (χ1v) is 4.16. The van der Waals surface area contributed by atoms with Crippen molar-refractivity contribution >= 4 is 0 Å². The highest BCUT2D eigenvalue weighted by Gasteiger charge is 2.01. The van der Waals surface area contributed by atoms with Gasteiger partial charge in [0.2, 0.25) is 0 Å². The molecular formula is C11H16O. The van der Waals surface area contributed by atoms with Gasteiger partial charge in [-0.15, -0.1) is 0 Å². The van der Waals surface area contributed by atoms with Crippen LogP contribution in [0.1, 0.15) is 13.8 Å². The molecule has 0 aromatic heterocycles. The lowest BCUT2D eigenvalue weighted by Crippen LogP contribution is -1.98. The van der Waals surface area contributed by atoms with Gasteiger partial charge in [0.15, 0.2) is 0 Å². The topological polar surface area (TPSA) is 9.23 Å². The third-order valence-corrected chi connectivity index (χ3v) is 1.27. The van der Waals surface area contributed by atoms with Crippen LogP contribution in [0, 0.1) is 0 Å². The van der Waals surface area contributed by atoms with Crippen molar-refractivity contribution in [1.29, 1.82) is 0 Å². The molecule has 0 aromatic rings. The molecule has 1 aliphatic heterocycles. The van der Waals surface area contributed by atoms with Crippen molar-refractivity contribution in [2.75, 3.05) is 6.61 Å². The van der Waals surface area contributed by atoms with Crippen molar-refractivity contribution in [3.05, 3.63) is 48.8 Å². The molecule has 0 aliphatic carbocycles. The molecule has 0 aromatic carbocycles. The number of rotatable bonds is 1. The van der Waals surface area contributed by atoms with Crippen molar-refractivity contribution in [2.45, 2.75) is 13.8 Å². The molecule has 0 saturated heterocycles. The zero-order chi connectivity index (χ0) is 9.40. The van der Waals surface area contributed by atoms with Crippen LogP contribution in [0.25, 0.3) is 0 Å². The van der Waals surface area contributed by atoms with Crippen LogP contribution < -0.4 is 0 Å². The second-order valence-electron chi connectivity index (χ2n) is 1.99. The molecule has 1 rings (SSSR count). The number of allylic oxidation sites excluding steroid dienone is 3. The highest BCUT2D eigenvalue weighted by atomic mass is 16.5. The van der Waals surface area contributed by atoms with Crippen LogP contribution in [-0.4, -0.2) is 6.61 Å². The van der Waals surface area contributed by atoms with Crippen molar-refractivity contribution in [2.24, 2.45) is 0 Å². The van der Waals surface area contributed by atoms with Crippen LogP contribution >= 0.6 is 0 Å². The molecule has 1 heteroatoms. The first kappa shape index (κ1) is 10.8. The molecule has 1 aliphatic rings. The largest absolute Gasteiger partial charge is 0.490 e. The Morgan fingerprint density at radius 3 is 2.67 bits per heavy atom. The Morgan fingerprint density at radius 1 is 1.50 bits per heavy atom. The summed E-state index contributed by atoms with van der Waals surface area (Å²) >= 11 is 0. The molecule has 0 unspecified atom stereocenters. The zero-order valence-corrected chi connectivity index (χ0v) is 7.84. The molecular weight excluding hydrogens is 148 g/mol. The first-order chi connectivity index (χ1) is 5.84. The molecule has 0 bridgehead atoms. The van der Waals surface area contributed by atoms with Crippen LogP contribution in [0.15, 0.2) is 48.8 Å². The van der Waals surface area contributed by atoms with E-state index in [9.17, 15) is 0 Å². The molecule has 0 radical (unpaired) electrons. The number of hydrogen-bond acceptors (Lipinski definition) is 1. The standard InChI is InChI=1S/C9H10O.C2H6/c1-3-5-9-6-4-7-10-8(9)2;1-2/h3-6H,1-2,7H2;1-2H3/b9-5-;. The lowest BCUT2D eigenvalue weighted by molar-refractivity contribution is 0.253. The van der Waals surface area contributed by atoms with Crippen molar-refractivity contribution in [3.63, 3.8) is 0 Å². The van der Waals surface area contributed by atoms with E-state index in [0.717, 1.165) is 11.3 Å². The van der Waals surface area contributed by atoms with E-state index >= 15 is 0 Å². The van der Waals surface area contributed by atoms with Crippen molar-refractivity contribution in [1.82, 2.24) is 0 Å². The Hall–Kier alpha value is -1.24. The molecule has 0 spiro atoms. The van der Waals surface area contributed by atoms with Gasteiger partial charge in [0.05, 0.1) is 0 Å². The van der Waals surface area contributed by atoms with Gasteiger partial charge in [-0.05, 0) is 6.08 Å². The fourth-order valence-corrected chi connectivity index (χ4v) is 0.776. The summed E-state index contributed by atoms with van der Waals surface area (Å²) in [5.41, 5.74) is 1.00. The summed E-state index contributed by atoms with van der Waals surface area (Å²) in [4.78, 5) is 0. The summed E-state index contributed by atoms with van der Waals surface area (Å²) < 4.78 is 5.15. The van der Waals surface area contributed by atoms with Crippen molar-refractivity contribution in [3.8, 4) is 0 Å². The van der Waals surface area contributed by atoms with Gasteiger partial charge in [0.25, 0.3) is 0 Å². The minimum absolute atomic E-state index is 0.632. The molecule has 1 nitrogen and oxygen atoms in total. The maximum Gasteiger partial charge on any atom is 0.119 e. The molecule has 0 fully saturated rings. The minimum Gasteiger partial charge on any atom is -0.490 e. The van der Waals surface area contributed by atoms with Gasteiger partial charge in [-0.3, -0.25) is 0 Å². The van der Waals surface area contributed by atoms with E-state index < -0.39 is 0 Å². The van der Waals surface area contributed by atoms with Gasteiger partial charge in [0.1, 0.15) is 12.4 Å². The number of hydrogen-bond donors (Lipinski definition) is 0. The van der Waals surface area contributed by atoms with Crippen LogP contribution in [0.3, 0.4) is 0 Å². The first-order valence-electron chi connectivity index (χ1n) is 4.16. The van der Waals surface area contributed by atoms with E-state index in [-0.39, 0.29) is 0 Å². The van der Waals surface area contributed by atoms with Gasteiger partial charge in [-0.2, -0.15) is 0 Å². The van der Waals surface area contributed by atoms with Crippen LogP contribution in [0.2, 0.25) is 0 Å². The van der Waals surface area contributed by atoms with Crippen LogP contribution in [0.5, 0.6) is 0 Å².